The highest BCUT2D eigenvalue weighted by molar-refractivity contribution is 6.03. The summed E-state index contributed by atoms with van der Waals surface area (Å²) in [7, 11) is 5.39. The lowest BCUT2D eigenvalue weighted by Crippen LogP contribution is -2.13. The van der Waals surface area contributed by atoms with Crippen molar-refractivity contribution in [3.8, 4) is 17.2 Å². The first-order chi connectivity index (χ1) is 17.4. The Morgan fingerprint density at radius 2 is 1.72 bits per heavy atom. The van der Waals surface area contributed by atoms with Gasteiger partial charge >= 0.3 is 0 Å². The molecule has 0 fully saturated rings. The molecule has 1 aromatic heterocycles. The number of likely N-dealkylation sites (N-methyl/N-ethyl adjacent to an activating group) is 1. The summed E-state index contributed by atoms with van der Waals surface area (Å²) in [5, 5.41) is 6.85. The molecule has 184 valence electrons. The van der Waals surface area contributed by atoms with E-state index in [1.54, 1.807) is 42.5 Å². The van der Waals surface area contributed by atoms with Crippen molar-refractivity contribution in [3.05, 3.63) is 85.0 Å². The van der Waals surface area contributed by atoms with Crippen molar-refractivity contribution in [3.63, 3.8) is 0 Å². The van der Waals surface area contributed by atoms with Crippen LogP contribution in [0.4, 0.5) is 21.6 Å². The van der Waals surface area contributed by atoms with Gasteiger partial charge in [0.05, 0.1) is 18.3 Å². The van der Waals surface area contributed by atoms with E-state index in [4.69, 9.17) is 9.47 Å². The monoisotopic (exact) mass is 487 g/mol. The fourth-order valence-corrected chi connectivity index (χ4v) is 3.38. The molecule has 9 heteroatoms. The van der Waals surface area contributed by atoms with Crippen molar-refractivity contribution in [2.75, 3.05) is 38.4 Å². The van der Waals surface area contributed by atoms with Crippen molar-refractivity contribution in [1.82, 2.24) is 14.9 Å². The van der Waals surface area contributed by atoms with Crippen LogP contribution in [0.25, 0.3) is 10.9 Å². The molecule has 1 amide bonds. The molecule has 0 unspecified atom stereocenters. The Bertz CT molecular complexity index is 1370. The Labute approximate surface area is 208 Å². The van der Waals surface area contributed by atoms with Crippen molar-refractivity contribution in [1.29, 1.82) is 0 Å². The highest BCUT2D eigenvalue weighted by atomic mass is 19.1. The van der Waals surface area contributed by atoms with Gasteiger partial charge in [-0.05, 0) is 68.7 Å². The molecule has 0 aliphatic heterocycles. The summed E-state index contributed by atoms with van der Waals surface area (Å²) in [6.07, 6.45) is 4.72. The number of hydrogen-bond acceptors (Lipinski definition) is 7. The van der Waals surface area contributed by atoms with Crippen LogP contribution in [0, 0.1) is 5.82 Å². The number of carbonyl (C=O) groups is 1. The predicted molar refractivity (Wildman–Crippen MR) is 139 cm³/mol. The zero-order valence-corrected chi connectivity index (χ0v) is 20.2. The molecule has 0 spiro atoms. The van der Waals surface area contributed by atoms with E-state index in [0.717, 1.165) is 5.69 Å². The highest BCUT2D eigenvalue weighted by Gasteiger charge is 2.12. The number of halogens is 1. The summed E-state index contributed by atoms with van der Waals surface area (Å²) in [4.78, 5) is 23.1. The van der Waals surface area contributed by atoms with Gasteiger partial charge in [0.1, 0.15) is 35.2 Å². The zero-order valence-electron chi connectivity index (χ0n) is 20.2. The zero-order chi connectivity index (χ0) is 25.5. The molecule has 4 rings (SSSR count). The molecule has 0 atom stereocenters. The topological polar surface area (TPSA) is 88.6 Å². The quantitative estimate of drug-likeness (QED) is 0.307. The van der Waals surface area contributed by atoms with Gasteiger partial charge in [-0.2, -0.15) is 0 Å². The van der Waals surface area contributed by atoms with Crippen LogP contribution in [-0.4, -0.2) is 48.5 Å². The van der Waals surface area contributed by atoms with Crippen LogP contribution >= 0.6 is 0 Å². The number of aromatic nitrogens is 2. The first-order valence-corrected chi connectivity index (χ1v) is 11.2. The number of ether oxygens (including phenoxy) is 2. The van der Waals surface area contributed by atoms with Gasteiger partial charge in [-0.25, -0.2) is 14.4 Å². The Kier molecular flexibility index (Phi) is 7.72. The molecule has 1 heterocycles. The van der Waals surface area contributed by atoms with Crippen molar-refractivity contribution in [2.24, 2.45) is 0 Å². The summed E-state index contributed by atoms with van der Waals surface area (Å²) < 4.78 is 24.3. The molecule has 0 bridgehead atoms. The summed E-state index contributed by atoms with van der Waals surface area (Å²) in [6, 6.07) is 16.6. The molecule has 0 aliphatic rings. The van der Waals surface area contributed by atoms with Gasteiger partial charge in [0.15, 0.2) is 0 Å². The third kappa shape index (κ3) is 6.34. The van der Waals surface area contributed by atoms with Crippen LogP contribution in [0.3, 0.4) is 0 Å². The molecule has 0 aliphatic carbocycles. The van der Waals surface area contributed by atoms with Crippen LogP contribution in [0.2, 0.25) is 0 Å². The molecule has 8 nitrogen and oxygen atoms in total. The highest BCUT2D eigenvalue weighted by Crippen LogP contribution is 2.33. The third-order valence-corrected chi connectivity index (χ3v) is 5.12. The van der Waals surface area contributed by atoms with Crippen LogP contribution in [0.5, 0.6) is 17.2 Å². The lowest BCUT2D eigenvalue weighted by molar-refractivity contribution is -0.111. The second-order valence-corrected chi connectivity index (χ2v) is 8.15. The normalized spacial score (nSPS) is 11.1. The second kappa shape index (κ2) is 11.3. The molecule has 4 aromatic rings. The van der Waals surface area contributed by atoms with E-state index in [1.807, 2.05) is 31.1 Å². The lowest BCUT2D eigenvalue weighted by Gasteiger charge is -2.13. The molecular formula is C27H26FN5O3. The maximum Gasteiger partial charge on any atom is 0.248 e. The van der Waals surface area contributed by atoms with Gasteiger partial charge in [-0.3, -0.25) is 4.79 Å². The van der Waals surface area contributed by atoms with Crippen LogP contribution in [0.15, 0.2) is 79.1 Å². The van der Waals surface area contributed by atoms with Gasteiger partial charge < -0.3 is 25.0 Å². The number of methoxy groups -OCH3 is 1. The van der Waals surface area contributed by atoms with Crippen molar-refractivity contribution in [2.45, 2.75) is 0 Å². The Hall–Kier alpha value is -4.50. The minimum Gasteiger partial charge on any atom is -0.494 e. The second-order valence-electron chi connectivity index (χ2n) is 8.15. The fraction of sp³-hybridized carbons (Fsp3) is 0.148. The molecule has 0 saturated heterocycles. The van der Waals surface area contributed by atoms with Gasteiger partial charge in [0.2, 0.25) is 5.91 Å². The van der Waals surface area contributed by atoms with Crippen LogP contribution in [0.1, 0.15) is 0 Å². The van der Waals surface area contributed by atoms with Crippen LogP contribution in [-0.2, 0) is 4.79 Å². The molecule has 0 radical (unpaired) electrons. The first kappa shape index (κ1) is 24.6. The number of anilines is 3. The number of nitrogens with zero attached hydrogens (tertiary/aromatic N) is 3. The number of nitrogens with one attached hydrogen (secondary N) is 2. The number of rotatable bonds is 9. The van der Waals surface area contributed by atoms with Crippen molar-refractivity contribution >= 4 is 34.0 Å². The number of amides is 1. The van der Waals surface area contributed by atoms with Crippen LogP contribution < -0.4 is 20.1 Å². The SMILES string of the molecule is COc1cc2ncnc(Nc3ccc(Oc4ccc(F)cc4)cc3)c2cc1NC(=O)C=CCN(C)C. The van der Waals surface area contributed by atoms with E-state index in [1.165, 1.54) is 31.6 Å². The molecule has 36 heavy (non-hydrogen) atoms. The van der Waals surface area contributed by atoms with Gasteiger partial charge in [-0.1, -0.05) is 6.08 Å². The van der Waals surface area contributed by atoms with E-state index in [9.17, 15) is 9.18 Å². The molecule has 2 N–H and O–H groups in total. The number of hydrogen-bond donors (Lipinski definition) is 2. The largest absolute Gasteiger partial charge is 0.494 e. The van der Waals surface area contributed by atoms with E-state index in [2.05, 4.69) is 20.6 Å². The van der Waals surface area contributed by atoms with Gasteiger partial charge in [0.25, 0.3) is 0 Å². The summed E-state index contributed by atoms with van der Waals surface area (Å²) in [5.74, 6) is 1.62. The van der Waals surface area contributed by atoms with E-state index < -0.39 is 0 Å². The van der Waals surface area contributed by atoms with Gasteiger partial charge in [-0.15, -0.1) is 0 Å². The minimum atomic E-state index is -0.319. The smallest absolute Gasteiger partial charge is 0.248 e. The third-order valence-electron chi connectivity index (χ3n) is 5.12. The predicted octanol–water partition coefficient (Wildman–Crippen LogP) is 5.37. The van der Waals surface area contributed by atoms with Crippen molar-refractivity contribution < 1.29 is 18.7 Å². The summed E-state index contributed by atoms with van der Waals surface area (Å²) in [5.41, 5.74) is 1.93. The maximum absolute atomic E-state index is 13.1. The number of carbonyl (C=O) groups excluding carboxylic acids is 1. The lowest BCUT2D eigenvalue weighted by atomic mass is 10.1. The van der Waals surface area contributed by atoms with E-state index in [-0.39, 0.29) is 11.7 Å². The molecular weight excluding hydrogens is 461 g/mol. The first-order valence-electron chi connectivity index (χ1n) is 11.2. The van der Waals surface area contributed by atoms with Gasteiger partial charge in [0, 0.05) is 29.8 Å². The van der Waals surface area contributed by atoms with E-state index >= 15 is 0 Å². The Balaban J connectivity index is 1.54. The Morgan fingerprint density at radius 1 is 1.03 bits per heavy atom. The summed E-state index contributed by atoms with van der Waals surface area (Å²) >= 11 is 0. The molecule has 3 aromatic carbocycles. The number of fused-ring (bicyclic) bond motifs is 1. The number of benzene rings is 3. The average molecular weight is 488 g/mol. The minimum absolute atomic E-state index is 0.266. The Morgan fingerprint density at radius 3 is 2.39 bits per heavy atom. The fourth-order valence-electron chi connectivity index (χ4n) is 3.38. The summed E-state index contributed by atoms with van der Waals surface area (Å²) in [6.45, 7) is 0.651. The van der Waals surface area contributed by atoms with E-state index in [0.29, 0.717) is 46.2 Å². The average Bonchev–Trinajstić information content (AvgIpc) is 2.86. The standard InChI is InChI=1S/C27H26FN5O3/c1-33(2)14-4-5-26(34)32-24-15-22-23(16-25(24)35-3)29-17-30-27(22)31-19-8-12-21(13-9-19)36-20-10-6-18(28)7-11-20/h4-13,15-17H,14H2,1-3H3,(H,32,34)(H,29,30,31). The molecule has 0 saturated carbocycles. The maximum atomic E-state index is 13.1.